The largest absolute Gasteiger partial charge is 0.457 e. The maximum atomic E-state index is 13.0. The van der Waals surface area contributed by atoms with Crippen LogP contribution in [0.1, 0.15) is 168 Å². The molecular formula is C55H94O14. The Labute approximate surface area is 415 Å². The number of ether oxygens (including phenoxy) is 6. The van der Waals surface area contributed by atoms with Crippen LogP contribution in [0.4, 0.5) is 0 Å². The number of hydrogen-bond acceptors (Lipinski definition) is 14. The van der Waals surface area contributed by atoms with E-state index in [1.165, 1.54) is 64.2 Å². The van der Waals surface area contributed by atoms with E-state index >= 15 is 0 Å². The van der Waals surface area contributed by atoms with Gasteiger partial charge in [-0.3, -0.25) is 4.79 Å². The Hall–Kier alpha value is -2.57. The highest BCUT2D eigenvalue weighted by Gasteiger charge is 2.47. The number of unbranched alkanes of at least 4 members (excludes halogenated alkanes) is 15. The number of carbonyl (C=O) groups excluding carboxylic acids is 1. The van der Waals surface area contributed by atoms with Gasteiger partial charge in [-0.15, -0.1) is 0 Å². The summed E-state index contributed by atoms with van der Waals surface area (Å²) in [6.45, 7) is 3.50. The SMILES string of the molecule is CC/C=C\C/C=C\C/C=C\C/C=C\C/C=C\CCCCCC(=O)OC(COCCCCCCCC/C=C\CCCCCCCC)COC1OC(COC2OC(CO)C(O)C(O)C2O)C(O)C(O)C1O. The van der Waals surface area contributed by atoms with Gasteiger partial charge in [0.15, 0.2) is 12.6 Å². The van der Waals surface area contributed by atoms with Gasteiger partial charge in [0, 0.05) is 13.0 Å². The molecule has 2 heterocycles. The lowest BCUT2D eigenvalue weighted by atomic mass is 9.98. The molecule has 2 aliphatic rings. The molecule has 14 nitrogen and oxygen atoms in total. The molecule has 7 N–H and O–H groups in total. The zero-order valence-electron chi connectivity index (χ0n) is 42.3. The van der Waals surface area contributed by atoms with Crippen LogP contribution in [0.15, 0.2) is 72.9 Å². The van der Waals surface area contributed by atoms with Gasteiger partial charge in [0.2, 0.25) is 0 Å². The molecule has 0 bridgehead atoms. The third kappa shape index (κ3) is 29.5. The second-order valence-electron chi connectivity index (χ2n) is 18.3. The van der Waals surface area contributed by atoms with Crippen LogP contribution < -0.4 is 0 Å². The molecular weight excluding hydrogens is 885 g/mol. The Bertz CT molecular complexity index is 1410. The minimum absolute atomic E-state index is 0.0402. The van der Waals surface area contributed by atoms with E-state index < -0.39 is 86.7 Å². The minimum Gasteiger partial charge on any atom is -0.457 e. The fourth-order valence-corrected chi connectivity index (χ4v) is 7.89. The van der Waals surface area contributed by atoms with Gasteiger partial charge in [0.25, 0.3) is 0 Å². The van der Waals surface area contributed by atoms with Gasteiger partial charge in [-0.1, -0.05) is 151 Å². The summed E-state index contributed by atoms with van der Waals surface area (Å²) in [5.41, 5.74) is 0. The molecule has 0 aromatic rings. The Balaban J connectivity index is 1.78. The molecule has 0 saturated carbocycles. The van der Waals surface area contributed by atoms with E-state index in [2.05, 4.69) is 86.8 Å². The first-order valence-corrected chi connectivity index (χ1v) is 26.5. The van der Waals surface area contributed by atoms with Gasteiger partial charge < -0.3 is 64.2 Å². The molecule has 2 saturated heterocycles. The fraction of sp³-hybridized carbons (Fsp3) is 0.764. The van der Waals surface area contributed by atoms with Crippen molar-refractivity contribution in [1.82, 2.24) is 0 Å². The highest BCUT2D eigenvalue weighted by molar-refractivity contribution is 5.69. The number of hydrogen-bond donors (Lipinski definition) is 7. The van der Waals surface area contributed by atoms with Crippen molar-refractivity contribution < 1.29 is 69.0 Å². The second-order valence-corrected chi connectivity index (χ2v) is 18.3. The molecule has 2 fully saturated rings. The van der Waals surface area contributed by atoms with Crippen molar-refractivity contribution in [1.29, 1.82) is 0 Å². The number of rotatable bonds is 41. The summed E-state index contributed by atoms with van der Waals surface area (Å²) >= 11 is 0. The first kappa shape index (κ1) is 62.5. The number of aliphatic hydroxyl groups excluding tert-OH is 7. The number of aliphatic hydroxyl groups is 7. The van der Waals surface area contributed by atoms with Crippen LogP contribution in [0.2, 0.25) is 0 Å². The molecule has 14 heteroatoms. The van der Waals surface area contributed by atoms with E-state index in [4.69, 9.17) is 28.4 Å². The standard InChI is InChI=1S/C55H94O14/c1-3-5-7-9-11-13-15-17-19-21-22-23-24-26-28-30-32-34-36-38-47(57)67-44(41-64-39-37-35-33-31-29-27-25-20-18-16-14-12-10-8-6-4-2)42-65-54-53(63)51(61)49(59)46(69-54)43-66-55-52(62)50(60)48(58)45(40-56)68-55/h5,7,11,13,17-20,22-23,26,28,44-46,48-56,58-63H,3-4,6,8-10,12,14-16,21,24-25,27,29-43H2,1-2H3/b7-5-,13-11-,19-17-,20-18-,23-22-,28-26-. The van der Waals surface area contributed by atoms with Crippen molar-refractivity contribution in [2.24, 2.45) is 0 Å². The maximum absolute atomic E-state index is 13.0. The highest BCUT2D eigenvalue weighted by atomic mass is 16.7. The van der Waals surface area contributed by atoms with Gasteiger partial charge in [0.05, 0.1) is 26.4 Å². The van der Waals surface area contributed by atoms with Gasteiger partial charge in [0.1, 0.15) is 54.9 Å². The van der Waals surface area contributed by atoms with E-state index in [1.54, 1.807) is 0 Å². The Morgan fingerprint density at radius 3 is 1.49 bits per heavy atom. The quantitative estimate of drug-likeness (QED) is 0.0175. The molecule has 0 radical (unpaired) electrons. The van der Waals surface area contributed by atoms with E-state index in [9.17, 15) is 40.5 Å². The van der Waals surface area contributed by atoms with Gasteiger partial charge in [-0.2, -0.15) is 0 Å². The van der Waals surface area contributed by atoms with Crippen molar-refractivity contribution in [2.75, 3.05) is 33.0 Å². The topological polar surface area (TPSA) is 214 Å². The molecule has 2 aliphatic heterocycles. The number of allylic oxidation sites excluding steroid dienone is 12. The molecule has 0 aromatic heterocycles. The van der Waals surface area contributed by atoms with Crippen LogP contribution in [0.5, 0.6) is 0 Å². The number of carbonyl (C=O) groups is 1. The summed E-state index contributed by atoms with van der Waals surface area (Å²) in [6.07, 6.45) is 35.3. The second kappa shape index (κ2) is 42.0. The van der Waals surface area contributed by atoms with Gasteiger partial charge in [-0.25, -0.2) is 0 Å². The van der Waals surface area contributed by atoms with Gasteiger partial charge >= 0.3 is 5.97 Å². The highest BCUT2D eigenvalue weighted by Crippen LogP contribution is 2.26. The lowest BCUT2D eigenvalue weighted by molar-refractivity contribution is -0.332. The third-order valence-electron chi connectivity index (χ3n) is 12.2. The summed E-state index contributed by atoms with van der Waals surface area (Å²) in [5, 5.41) is 72.2. The number of esters is 1. The van der Waals surface area contributed by atoms with Crippen molar-refractivity contribution in [3.05, 3.63) is 72.9 Å². The van der Waals surface area contributed by atoms with E-state index in [1.807, 2.05) is 0 Å². The normalized spacial score (nSPS) is 26.3. The van der Waals surface area contributed by atoms with Crippen molar-refractivity contribution in [3.8, 4) is 0 Å². The van der Waals surface area contributed by atoms with Gasteiger partial charge in [-0.05, 0) is 83.5 Å². The smallest absolute Gasteiger partial charge is 0.306 e. The van der Waals surface area contributed by atoms with Crippen molar-refractivity contribution in [3.63, 3.8) is 0 Å². The molecule has 2 rings (SSSR count). The Morgan fingerprint density at radius 2 is 0.942 bits per heavy atom. The van der Waals surface area contributed by atoms with Crippen LogP contribution in [0.3, 0.4) is 0 Å². The molecule has 398 valence electrons. The average molecular weight is 979 g/mol. The Morgan fingerprint density at radius 1 is 0.493 bits per heavy atom. The van der Waals surface area contributed by atoms with E-state index in [0.717, 1.165) is 77.0 Å². The summed E-state index contributed by atoms with van der Waals surface area (Å²) in [7, 11) is 0. The average Bonchev–Trinajstić information content (AvgIpc) is 3.35. The van der Waals surface area contributed by atoms with E-state index in [-0.39, 0.29) is 19.6 Å². The molecule has 11 atom stereocenters. The first-order valence-electron chi connectivity index (χ1n) is 26.5. The summed E-state index contributed by atoms with van der Waals surface area (Å²) in [6, 6.07) is 0. The lowest BCUT2D eigenvalue weighted by Gasteiger charge is -2.42. The van der Waals surface area contributed by atoms with E-state index in [0.29, 0.717) is 13.0 Å². The third-order valence-corrected chi connectivity index (χ3v) is 12.2. The van der Waals surface area contributed by atoms with Crippen molar-refractivity contribution in [2.45, 2.75) is 235 Å². The summed E-state index contributed by atoms with van der Waals surface area (Å²) in [4.78, 5) is 13.0. The summed E-state index contributed by atoms with van der Waals surface area (Å²) < 4.78 is 34.3. The molecule has 0 spiro atoms. The monoisotopic (exact) mass is 979 g/mol. The van der Waals surface area contributed by atoms with Crippen LogP contribution in [0, 0.1) is 0 Å². The molecule has 0 amide bonds. The zero-order valence-corrected chi connectivity index (χ0v) is 42.3. The molecule has 11 unspecified atom stereocenters. The molecule has 0 aromatic carbocycles. The van der Waals surface area contributed by atoms with Crippen LogP contribution in [-0.4, -0.2) is 142 Å². The zero-order chi connectivity index (χ0) is 50.2. The molecule has 69 heavy (non-hydrogen) atoms. The van der Waals surface area contributed by atoms with Crippen LogP contribution in [-0.2, 0) is 33.2 Å². The van der Waals surface area contributed by atoms with Crippen LogP contribution in [0.25, 0.3) is 0 Å². The Kier molecular flexibility index (Phi) is 38.1. The predicted molar refractivity (Wildman–Crippen MR) is 270 cm³/mol. The minimum atomic E-state index is -1.72. The fourth-order valence-electron chi connectivity index (χ4n) is 7.89. The van der Waals surface area contributed by atoms with Crippen molar-refractivity contribution >= 4 is 5.97 Å². The first-order chi connectivity index (χ1) is 33.6. The lowest BCUT2D eigenvalue weighted by Crippen LogP contribution is -2.61. The predicted octanol–water partition coefficient (Wildman–Crippen LogP) is 8.29. The maximum Gasteiger partial charge on any atom is 0.306 e. The van der Waals surface area contributed by atoms with Crippen LogP contribution >= 0.6 is 0 Å². The molecule has 0 aliphatic carbocycles. The summed E-state index contributed by atoms with van der Waals surface area (Å²) in [5.74, 6) is -0.411.